The molecule has 2 heteroatoms. The van der Waals surface area contributed by atoms with Crippen LogP contribution in [0.15, 0.2) is 54.6 Å². The molecule has 1 saturated heterocycles. The van der Waals surface area contributed by atoms with Gasteiger partial charge >= 0.3 is 0 Å². The van der Waals surface area contributed by atoms with E-state index in [1.165, 1.54) is 0 Å². The lowest BCUT2D eigenvalue weighted by molar-refractivity contribution is 0.0611. The van der Waals surface area contributed by atoms with Crippen molar-refractivity contribution < 1.29 is 4.79 Å². The minimum Gasteiger partial charge on any atom is -0.338 e. The Morgan fingerprint density at radius 1 is 1.25 bits per heavy atom. The molecule has 1 fully saturated rings. The maximum Gasteiger partial charge on any atom is 0.253 e. The summed E-state index contributed by atoms with van der Waals surface area (Å²) in [6, 6.07) is 9.50. The first-order valence-corrected chi connectivity index (χ1v) is 7.14. The van der Waals surface area contributed by atoms with Crippen LogP contribution in [0.5, 0.6) is 0 Å². The molecule has 0 aliphatic carbocycles. The molecule has 0 aromatic heterocycles. The van der Waals surface area contributed by atoms with Gasteiger partial charge in [0.05, 0.1) is 0 Å². The standard InChI is InChI=1S/C18H23NO/c1-14(2)15(3)18(4)11-8-12-19(13-18)17(20)16-9-6-5-7-10-16/h5-7,9-10H,1,3,8,11-13H2,2,4H3/t18-/m1/s1. The predicted molar refractivity (Wildman–Crippen MR) is 83.6 cm³/mol. The van der Waals surface area contributed by atoms with E-state index >= 15 is 0 Å². The molecule has 20 heavy (non-hydrogen) atoms. The quantitative estimate of drug-likeness (QED) is 0.758. The molecule has 1 aliphatic heterocycles. The van der Waals surface area contributed by atoms with Gasteiger partial charge in [0.1, 0.15) is 0 Å². The number of piperidine rings is 1. The highest BCUT2D eigenvalue weighted by molar-refractivity contribution is 5.94. The summed E-state index contributed by atoms with van der Waals surface area (Å²) in [5.74, 6) is 0.117. The average molecular weight is 269 g/mol. The second-order valence-corrected chi connectivity index (χ2v) is 6.02. The van der Waals surface area contributed by atoms with Crippen molar-refractivity contribution in [2.45, 2.75) is 26.7 Å². The maximum atomic E-state index is 12.6. The van der Waals surface area contributed by atoms with Crippen molar-refractivity contribution in [3.63, 3.8) is 0 Å². The van der Waals surface area contributed by atoms with E-state index in [0.29, 0.717) is 0 Å². The lowest BCUT2D eigenvalue weighted by Gasteiger charge is -2.42. The van der Waals surface area contributed by atoms with Gasteiger partial charge in [-0.25, -0.2) is 0 Å². The SMILES string of the molecule is C=C(C)C(=C)[C@]1(C)CCCN(C(=O)c2ccccc2)C1. The first-order chi connectivity index (χ1) is 9.44. The Morgan fingerprint density at radius 3 is 2.50 bits per heavy atom. The predicted octanol–water partition coefficient (Wildman–Crippen LogP) is 4.06. The minimum atomic E-state index is -0.0471. The number of nitrogens with zero attached hydrogens (tertiary/aromatic N) is 1. The van der Waals surface area contributed by atoms with Crippen molar-refractivity contribution in [2.75, 3.05) is 13.1 Å². The number of hydrogen-bond acceptors (Lipinski definition) is 1. The molecule has 1 aliphatic rings. The van der Waals surface area contributed by atoms with Crippen molar-refractivity contribution in [3.05, 3.63) is 60.2 Å². The van der Waals surface area contributed by atoms with E-state index < -0.39 is 0 Å². The van der Waals surface area contributed by atoms with Crippen LogP contribution in [0.25, 0.3) is 0 Å². The number of amides is 1. The van der Waals surface area contributed by atoms with Gasteiger partial charge < -0.3 is 4.90 Å². The van der Waals surface area contributed by atoms with Crippen LogP contribution in [0, 0.1) is 5.41 Å². The highest BCUT2D eigenvalue weighted by Crippen LogP contribution is 2.39. The van der Waals surface area contributed by atoms with Crippen LogP contribution in [0.4, 0.5) is 0 Å². The molecule has 0 spiro atoms. The molecule has 1 aromatic carbocycles. The number of hydrogen-bond donors (Lipinski definition) is 0. The second-order valence-electron chi connectivity index (χ2n) is 6.02. The Bertz CT molecular complexity index is 532. The molecule has 0 bridgehead atoms. The van der Waals surface area contributed by atoms with E-state index in [4.69, 9.17) is 0 Å². The minimum absolute atomic E-state index is 0.0471. The second kappa shape index (κ2) is 5.66. The van der Waals surface area contributed by atoms with Gasteiger partial charge in [-0.2, -0.15) is 0 Å². The molecule has 106 valence electrons. The molecule has 0 radical (unpaired) electrons. The Hall–Kier alpha value is -1.83. The zero-order chi connectivity index (χ0) is 14.8. The van der Waals surface area contributed by atoms with E-state index in [1.54, 1.807) is 0 Å². The van der Waals surface area contributed by atoms with Gasteiger partial charge in [0.15, 0.2) is 0 Å². The number of carbonyl (C=O) groups is 1. The lowest BCUT2D eigenvalue weighted by Crippen LogP contribution is -2.45. The van der Waals surface area contributed by atoms with Gasteiger partial charge in [0, 0.05) is 24.1 Å². The van der Waals surface area contributed by atoms with Crippen LogP contribution >= 0.6 is 0 Å². The van der Waals surface area contributed by atoms with Gasteiger partial charge in [-0.1, -0.05) is 43.9 Å². The Balaban J connectivity index is 2.17. The zero-order valence-corrected chi connectivity index (χ0v) is 12.5. The van der Waals surface area contributed by atoms with E-state index in [-0.39, 0.29) is 11.3 Å². The molecule has 2 rings (SSSR count). The fraction of sp³-hybridized carbons (Fsp3) is 0.389. The molecule has 0 N–H and O–H groups in total. The summed E-state index contributed by atoms with van der Waals surface area (Å²) in [4.78, 5) is 14.5. The number of rotatable bonds is 3. The summed E-state index contributed by atoms with van der Waals surface area (Å²) in [5.41, 5.74) is 2.80. The summed E-state index contributed by atoms with van der Waals surface area (Å²) in [7, 11) is 0. The van der Waals surface area contributed by atoms with E-state index in [1.807, 2.05) is 42.2 Å². The van der Waals surface area contributed by atoms with Crippen LogP contribution in [-0.2, 0) is 0 Å². The third-order valence-electron chi connectivity index (χ3n) is 4.25. The van der Waals surface area contributed by atoms with Crippen LogP contribution in [-0.4, -0.2) is 23.9 Å². The van der Waals surface area contributed by atoms with Gasteiger partial charge in [-0.3, -0.25) is 4.79 Å². The van der Waals surface area contributed by atoms with Crippen LogP contribution < -0.4 is 0 Å². The first-order valence-electron chi connectivity index (χ1n) is 7.14. The number of benzene rings is 1. The summed E-state index contributed by atoms with van der Waals surface area (Å²) < 4.78 is 0. The van der Waals surface area contributed by atoms with E-state index in [9.17, 15) is 4.79 Å². The average Bonchev–Trinajstić information content (AvgIpc) is 2.46. The monoisotopic (exact) mass is 269 g/mol. The number of allylic oxidation sites excluding steroid dienone is 1. The molecule has 1 aromatic rings. The molecule has 1 atom stereocenters. The normalized spacial score (nSPS) is 22.4. The van der Waals surface area contributed by atoms with Crippen LogP contribution in [0.1, 0.15) is 37.0 Å². The maximum absolute atomic E-state index is 12.6. The smallest absolute Gasteiger partial charge is 0.253 e. The first kappa shape index (κ1) is 14.6. The summed E-state index contributed by atoms with van der Waals surface area (Å²) in [6.07, 6.45) is 2.08. The molecular weight excluding hydrogens is 246 g/mol. The van der Waals surface area contributed by atoms with E-state index in [2.05, 4.69) is 20.1 Å². The Labute approximate surface area is 121 Å². The van der Waals surface area contributed by atoms with Gasteiger partial charge in [0.25, 0.3) is 5.91 Å². The molecule has 1 amide bonds. The summed E-state index contributed by atoms with van der Waals surface area (Å²) >= 11 is 0. The van der Waals surface area contributed by atoms with Crippen molar-refractivity contribution in [1.29, 1.82) is 0 Å². The van der Waals surface area contributed by atoms with Gasteiger partial charge in [-0.05, 0) is 37.5 Å². The topological polar surface area (TPSA) is 20.3 Å². The van der Waals surface area contributed by atoms with Crippen molar-refractivity contribution in [1.82, 2.24) is 4.90 Å². The fourth-order valence-corrected chi connectivity index (χ4v) is 2.94. The van der Waals surface area contributed by atoms with Crippen molar-refractivity contribution >= 4 is 5.91 Å². The van der Waals surface area contributed by atoms with Gasteiger partial charge in [-0.15, -0.1) is 0 Å². The molecular formula is C18H23NO. The lowest BCUT2D eigenvalue weighted by atomic mass is 9.74. The molecule has 0 saturated carbocycles. The zero-order valence-electron chi connectivity index (χ0n) is 12.5. The Morgan fingerprint density at radius 2 is 1.90 bits per heavy atom. The van der Waals surface area contributed by atoms with Crippen LogP contribution in [0.3, 0.4) is 0 Å². The van der Waals surface area contributed by atoms with Crippen molar-refractivity contribution in [2.24, 2.45) is 5.41 Å². The number of carbonyl (C=O) groups excluding carboxylic acids is 1. The molecule has 1 heterocycles. The highest BCUT2D eigenvalue weighted by atomic mass is 16.2. The third-order valence-corrected chi connectivity index (χ3v) is 4.25. The number of likely N-dealkylation sites (tertiary alicyclic amines) is 1. The third kappa shape index (κ3) is 2.84. The molecule has 0 unspecified atom stereocenters. The highest BCUT2D eigenvalue weighted by Gasteiger charge is 2.35. The molecule has 2 nitrogen and oxygen atoms in total. The van der Waals surface area contributed by atoms with E-state index in [0.717, 1.165) is 42.6 Å². The van der Waals surface area contributed by atoms with Gasteiger partial charge in [0.2, 0.25) is 0 Å². The van der Waals surface area contributed by atoms with Crippen LogP contribution in [0.2, 0.25) is 0 Å². The summed E-state index contributed by atoms with van der Waals surface area (Å²) in [5, 5.41) is 0. The van der Waals surface area contributed by atoms with Crippen molar-refractivity contribution in [3.8, 4) is 0 Å². The fourth-order valence-electron chi connectivity index (χ4n) is 2.94. The largest absolute Gasteiger partial charge is 0.338 e. The Kier molecular flexibility index (Phi) is 4.12. The summed E-state index contributed by atoms with van der Waals surface area (Å²) in [6.45, 7) is 13.9.